The quantitative estimate of drug-likeness (QED) is 0.565. The van der Waals surface area contributed by atoms with Crippen molar-refractivity contribution in [1.29, 1.82) is 0 Å². The van der Waals surface area contributed by atoms with Crippen LogP contribution in [0.3, 0.4) is 0 Å². The maximum Gasteiger partial charge on any atom is 0.188 e. The number of benzene rings is 1. The van der Waals surface area contributed by atoms with E-state index in [2.05, 4.69) is 0 Å². The topological polar surface area (TPSA) is 63.3 Å². The number of nitrogen functional groups attached to an aromatic ring is 1. The van der Waals surface area contributed by atoms with Gasteiger partial charge < -0.3 is 10.8 Å². The molecule has 2 rings (SSSR count). The normalized spacial score (nSPS) is 14.7. The molecule has 0 saturated carbocycles. The molecule has 0 aromatic heterocycles. The fraction of sp³-hybridized carbons (Fsp3) is 0.417. The summed E-state index contributed by atoms with van der Waals surface area (Å²) >= 11 is 0. The molecule has 0 fully saturated rings. The average Bonchev–Trinajstić information content (AvgIpc) is 2.29. The predicted molar refractivity (Wildman–Crippen MR) is 58.9 cm³/mol. The van der Waals surface area contributed by atoms with Crippen molar-refractivity contribution in [2.45, 2.75) is 25.7 Å². The van der Waals surface area contributed by atoms with E-state index >= 15 is 0 Å². The van der Waals surface area contributed by atoms with Gasteiger partial charge >= 0.3 is 0 Å². The molecule has 0 heterocycles. The third-order valence-corrected chi connectivity index (χ3v) is 3.01. The van der Waals surface area contributed by atoms with Crippen LogP contribution in [-0.2, 0) is 12.8 Å². The van der Waals surface area contributed by atoms with Crippen LogP contribution in [-0.4, -0.2) is 17.5 Å². The summed E-state index contributed by atoms with van der Waals surface area (Å²) < 4.78 is 0. The van der Waals surface area contributed by atoms with Gasteiger partial charge in [0, 0.05) is 11.3 Å². The number of fused-ring (bicyclic) bond motifs is 1. The third-order valence-electron chi connectivity index (χ3n) is 3.01. The molecule has 3 N–H and O–H groups in total. The molecule has 1 aromatic carbocycles. The van der Waals surface area contributed by atoms with Crippen LogP contribution in [0.5, 0.6) is 0 Å². The highest BCUT2D eigenvalue weighted by Crippen LogP contribution is 2.29. The standard InChI is InChI=1S/C12H15NO2/c13-11-6-5-10(12(15)7-14)8-3-1-2-4-9(8)11/h5-6,14H,1-4,7,13H2. The molecule has 3 heteroatoms. The number of ketones is 1. The number of aliphatic hydroxyl groups excluding tert-OH is 1. The molecule has 0 aliphatic heterocycles. The number of carbonyl (C=O) groups is 1. The molecule has 1 aliphatic carbocycles. The van der Waals surface area contributed by atoms with Gasteiger partial charge in [-0.15, -0.1) is 0 Å². The Morgan fingerprint density at radius 1 is 1.27 bits per heavy atom. The van der Waals surface area contributed by atoms with E-state index < -0.39 is 6.61 Å². The largest absolute Gasteiger partial charge is 0.398 e. The fourth-order valence-electron chi connectivity index (χ4n) is 2.24. The zero-order valence-corrected chi connectivity index (χ0v) is 8.62. The number of anilines is 1. The minimum atomic E-state index is -0.420. The average molecular weight is 205 g/mol. The maximum absolute atomic E-state index is 11.5. The van der Waals surface area contributed by atoms with Gasteiger partial charge in [0.05, 0.1) is 0 Å². The van der Waals surface area contributed by atoms with Crippen LogP contribution in [0.25, 0.3) is 0 Å². The van der Waals surface area contributed by atoms with Crippen LogP contribution in [0.2, 0.25) is 0 Å². The van der Waals surface area contributed by atoms with E-state index in [0.29, 0.717) is 5.56 Å². The van der Waals surface area contributed by atoms with Gasteiger partial charge in [0.1, 0.15) is 6.61 Å². The van der Waals surface area contributed by atoms with Gasteiger partial charge in [0.15, 0.2) is 5.78 Å². The van der Waals surface area contributed by atoms with Crippen LogP contribution in [0.15, 0.2) is 12.1 Å². The van der Waals surface area contributed by atoms with Crippen molar-refractivity contribution in [2.75, 3.05) is 12.3 Å². The zero-order chi connectivity index (χ0) is 10.8. The molecule has 0 radical (unpaired) electrons. The lowest BCUT2D eigenvalue weighted by Gasteiger charge is -2.20. The van der Waals surface area contributed by atoms with Crippen molar-refractivity contribution in [3.8, 4) is 0 Å². The molecular formula is C12H15NO2. The molecule has 80 valence electrons. The molecule has 0 saturated heterocycles. The van der Waals surface area contributed by atoms with Gasteiger partial charge in [-0.2, -0.15) is 0 Å². The van der Waals surface area contributed by atoms with Crippen LogP contribution in [0.4, 0.5) is 5.69 Å². The lowest BCUT2D eigenvalue weighted by Crippen LogP contribution is -2.14. The minimum Gasteiger partial charge on any atom is -0.398 e. The molecule has 3 nitrogen and oxygen atoms in total. The van der Waals surface area contributed by atoms with E-state index in [4.69, 9.17) is 10.8 Å². The Bertz CT molecular complexity index is 399. The van der Waals surface area contributed by atoms with Gasteiger partial charge in [-0.3, -0.25) is 4.79 Å². The van der Waals surface area contributed by atoms with Gasteiger partial charge in [-0.1, -0.05) is 0 Å². The zero-order valence-electron chi connectivity index (χ0n) is 8.62. The number of Topliss-reactive ketones (excluding diaryl/α,β-unsaturated/α-hetero) is 1. The lowest BCUT2D eigenvalue weighted by molar-refractivity contribution is 0.0902. The summed E-state index contributed by atoms with van der Waals surface area (Å²) in [6.07, 6.45) is 4.09. The second kappa shape index (κ2) is 4.03. The molecule has 1 aromatic rings. The van der Waals surface area contributed by atoms with Gasteiger partial charge in [-0.25, -0.2) is 0 Å². The summed E-state index contributed by atoms with van der Waals surface area (Å²) in [5.74, 6) is -0.201. The van der Waals surface area contributed by atoms with Gasteiger partial charge in [0.25, 0.3) is 0 Å². The molecule has 0 unspecified atom stereocenters. The molecule has 0 bridgehead atoms. The van der Waals surface area contributed by atoms with Crippen LogP contribution in [0.1, 0.15) is 34.3 Å². The van der Waals surface area contributed by atoms with Crippen LogP contribution in [0, 0.1) is 0 Å². The first-order chi connectivity index (χ1) is 7.24. The Hall–Kier alpha value is -1.35. The van der Waals surface area contributed by atoms with Crippen molar-refractivity contribution in [2.24, 2.45) is 0 Å². The highest BCUT2D eigenvalue weighted by molar-refractivity contribution is 5.99. The van der Waals surface area contributed by atoms with E-state index in [1.54, 1.807) is 12.1 Å². The number of hydrogen-bond donors (Lipinski definition) is 2. The Labute approximate surface area is 88.9 Å². The first kappa shape index (κ1) is 10.2. The summed E-state index contributed by atoms with van der Waals surface area (Å²) in [5, 5.41) is 8.88. The summed E-state index contributed by atoms with van der Waals surface area (Å²) in [7, 11) is 0. The van der Waals surface area contributed by atoms with Crippen molar-refractivity contribution in [1.82, 2.24) is 0 Å². The summed E-state index contributed by atoms with van der Waals surface area (Å²) in [6, 6.07) is 3.51. The summed E-state index contributed by atoms with van der Waals surface area (Å²) in [4.78, 5) is 11.5. The monoisotopic (exact) mass is 205 g/mol. The molecule has 0 atom stereocenters. The van der Waals surface area contributed by atoms with Gasteiger partial charge in [-0.05, 0) is 48.9 Å². The molecule has 0 spiro atoms. The third kappa shape index (κ3) is 1.75. The first-order valence-electron chi connectivity index (χ1n) is 5.28. The van der Waals surface area contributed by atoms with E-state index in [-0.39, 0.29) is 5.78 Å². The van der Waals surface area contributed by atoms with E-state index in [0.717, 1.165) is 42.5 Å². The van der Waals surface area contributed by atoms with Crippen molar-refractivity contribution < 1.29 is 9.90 Å². The summed E-state index contributed by atoms with van der Waals surface area (Å²) in [6.45, 7) is -0.420. The minimum absolute atomic E-state index is 0.201. The lowest BCUT2D eigenvalue weighted by atomic mass is 9.86. The van der Waals surface area contributed by atoms with Crippen molar-refractivity contribution in [3.05, 3.63) is 28.8 Å². The fourth-order valence-corrected chi connectivity index (χ4v) is 2.24. The van der Waals surface area contributed by atoms with E-state index in [1.165, 1.54) is 0 Å². The molecule has 0 amide bonds. The second-order valence-electron chi connectivity index (χ2n) is 3.95. The van der Waals surface area contributed by atoms with Gasteiger partial charge in [0.2, 0.25) is 0 Å². The Balaban J connectivity index is 2.52. The van der Waals surface area contributed by atoms with Crippen molar-refractivity contribution in [3.63, 3.8) is 0 Å². The number of aliphatic hydroxyl groups is 1. The Morgan fingerprint density at radius 2 is 1.93 bits per heavy atom. The van der Waals surface area contributed by atoms with Crippen LogP contribution >= 0.6 is 0 Å². The SMILES string of the molecule is Nc1ccc(C(=O)CO)c2c1CCCC2. The van der Waals surface area contributed by atoms with Crippen molar-refractivity contribution >= 4 is 11.5 Å². The summed E-state index contributed by atoms with van der Waals surface area (Å²) in [5.41, 5.74) is 9.48. The highest BCUT2D eigenvalue weighted by atomic mass is 16.3. The molecule has 15 heavy (non-hydrogen) atoms. The molecule has 1 aliphatic rings. The number of hydrogen-bond acceptors (Lipinski definition) is 3. The second-order valence-corrected chi connectivity index (χ2v) is 3.95. The van der Waals surface area contributed by atoms with Crippen LogP contribution < -0.4 is 5.73 Å². The Morgan fingerprint density at radius 3 is 2.60 bits per heavy atom. The Kier molecular flexibility index (Phi) is 2.73. The van der Waals surface area contributed by atoms with E-state index in [9.17, 15) is 4.79 Å². The first-order valence-corrected chi connectivity index (χ1v) is 5.28. The highest BCUT2D eigenvalue weighted by Gasteiger charge is 2.18. The van der Waals surface area contributed by atoms with E-state index in [1.807, 2.05) is 0 Å². The number of rotatable bonds is 2. The predicted octanol–water partition coefficient (Wildman–Crippen LogP) is 1.32. The smallest absolute Gasteiger partial charge is 0.188 e. The number of nitrogens with two attached hydrogens (primary N) is 1. The molecular weight excluding hydrogens is 190 g/mol. The number of carbonyl (C=O) groups excluding carboxylic acids is 1. The maximum atomic E-state index is 11.5.